The van der Waals surface area contributed by atoms with Crippen LogP contribution in [0.2, 0.25) is 0 Å². The molecule has 0 radical (unpaired) electrons. The third kappa shape index (κ3) is 3.07. The highest BCUT2D eigenvalue weighted by atomic mass is 79.9. The van der Waals surface area contributed by atoms with Crippen LogP contribution in [0.3, 0.4) is 0 Å². The lowest BCUT2D eigenvalue weighted by atomic mass is 9.86. The minimum atomic E-state index is -0.438. The summed E-state index contributed by atoms with van der Waals surface area (Å²) in [4.78, 5) is 0. The molecule has 0 spiro atoms. The average molecular weight is 311 g/mol. The van der Waals surface area contributed by atoms with E-state index >= 15 is 0 Å². The Labute approximate surface area is 116 Å². The lowest BCUT2D eigenvalue weighted by molar-refractivity contribution is 0.150. The number of ether oxygens (including phenoxy) is 1. The van der Waals surface area contributed by atoms with Crippen LogP contribution in [0.1, 0.15) is 37.7 Å². The first-order valence-electron chi connectivity index (χ1n) is 6.78. The molecule has 2 aliphatic rings. The van der Waals surface area contributed by atoms with Gasteiger partial charge in [-0.1, -0.05) is 22.4 Å². The molecule has 3 heteroatoms. The van der Waals surface area contributed by atoms with Crippen LogP contribution in [-0.2, 0) is 6.42 Å². The molecular formula is C15H19BrO2. The van der Waals surface area contributed by atoms with E-state index in [1.807, 2.05) is 6.07 Å². The Hall–Kier alpha value is -0.540. The van der Waals surface area contributed by atoms with Gasteiger partial charge in [0, 0.05) is 10.9 Å². The van der Waals surface area contributed by atoms with E-state index in [4.69, 9.17) is 4.74 Å². The average Bonchev–Trinajstić information content (AvgIpc) is 2.92. The van der Waals surface area contributed by atoms with Crippen molar-refractivity contribution in [3.8, 4) is 5.75 Å². The van der Waals surface area contributed by atoms with Crippen molar-refractivity contribution in [1.29, 1.82) is 0 Å². The van der Waals surface area contributed by atoms with E-state index in [-0.39, 0.29) is 0 Å². The van der Waals surface area contributed by atoms with Gasteiger partial charge >= 0.3 is 0 Å². The summed E-state index contributed by atoms with van der Waals surface area (Å²) in [7, 11) is 0. The predicted octanol–water partition coefficient (Wildman–Crippen LogP) is 3.70. The first kappa shape index (κ1) is 12.5. The molecule has 0 atom stereocenters. The van der Waals surface area contributed by atoms with E-state index in [2.05, 4.69) is 28.1 Å². The standard InChI is InChI=1S/C15H19BrO2/c16-13-6-12(9-15(17)4-5-15)7-14(8-13)18-10-11-2-1-3-11/h6-8,11,17H,1-5,9-10H2. The van der Waals surface area contributed by atoms with Crippen molar-refractivity contribution in [3.63, 3.8) is 0 Å². The molecule has 0 amide bonds. The Morgan fingerprint density at radius 2 is 2.06 bits per heavy atom. The zero-order chi connectivity index (χ0) is 12.6. The summed E-state index contributed by atoms with van der Waals surface area (Å²) in [5.41, 5.74) is 0.722. The van der Waals surface area contributed by atoms with Gasteiger partial charge in [0.2, 0.25) is 0 Å². The number of aliphatic hydroxyl groups is 1. The van der Waals surface area contributed by atoms with Crippen molar-refractivity contribution in [2.45, 2.75) is 44.1 Å². The molecule has 0 aliphatic heterocycles. The molecule has 0 aromatic heterocycles. The first-order valence-corrected chi connectivity index (χ1v) is 7.57. The molecule has 2 saturated carbocycles. The lowest BCUT2D eigenvalue weighted by Gasteiger charge is -2.25. The number of hydrogen-bond donors (Lipinski definition) is 1. The van der Waals surface area contributed by atoms with Crippen LogP contribution < -0.4 is 4.74 Å². The summed E-state index contributed by atoms with van der Waals surface area (Å²) in [6.45, 7) is 0.833. The Bertz CT molecular complexity index is 436. The van der Waals surface area contributed by atoms with E-state index in [0.717, 1.165) is 47.6 Å². The van der Waals surface area contributed by atoms with Gasteiger partial charge in [0.15, 0.2) is 0 Å². The lowest BCUT2D eigenvalue weighted by Crippen LogP contribution is -2.19. The molecule has 1 N–H and O–H groups in total. The SMILES string of the molecule is OC1(Cc2cc(Br)cc(OCC3CCC3)c2)CC1. The topological polar surface area (TPSA) is 29.5 Å². The minimum absolute atomic E-state index is 0.438. The summed E-state index contributed by atoms with van der Waals surface area (Å²) < 4.78 is 6.89. The summed E-state index contributed by atoms with van der Waals surface area (Å²) >= 11 is 3.52. The Morgan fingerprint density at radius 1 is 1.28 bits per heavy atom. The molecule has 0 unspecified atom stereocenters. The number of benzene rings is 1. The monoisotopic (exact) mass is 310 g/mol. The van der Waals surface area contributed by atoms with E-state index in [9.17, 15) is 5.11 Å². The highest BCUT2D eigenvalue weighted by molar-refractivity contribution is 9.10. The third-order valence-electron chi connectivity index (χ3n) is 4.00. The molecule has 98 valence electrons. The van der Waals surface area contributed by atoms with Crippen LogP contribution in [0.25, 0.3) is 0 Å². The summed E-state index contributed by atoms with van der Waals surface area (Å²) in [6, 6.07) is 6.16. The molecule has 1 aromatic rings. The summed E-state index contributed by atoms with van der Waals surface area (Å²) in [5.74, 6) is 1.68. The zero-order valence-electron chi connectivity index (χ0n) is 10.5. The van der Waals surface area contributed by atoms with Crippen LogP contribution in [-0.4, -0.2) is 17.3 Å². The molecule has 2 aliphatic carbocycles. The van der Waals surface area contributed by atoms with Gasteiger partial charge in [0.25, 0.3) is 0 Å². The van der Waals surface area contributed by atoms with Crippen LogP contribution in [0.15, 0.2) is 22.7 Å². The van der Waals surface area contributed by atoms with Crippen molar-refractivity contribution in [2.24, 2.45) is 5.92 Å². The molecular weight excluding hydrogens is 292 g/mol. The van der Waals surface area contributed by atoms with Gasteiger partial charge in [-0.05, 0) is 55.4 Å². The van der Waals surface area contributed by atoms with Gasteiger partial charge in [-0.25, -0.2) is 0 Å². The fourth-order valence-electron chi connectivity index (χ4n) is 2.38. The molecule has 3 rings (SSSR count). The maximum atomic E-state index is 9.97. The van der Waals surface area contributed by atoms with Crippen molar-refractivity contribution in [2.75, 3.05) is 6.61 Å². The van der Waals surface area contributed by atoms with Gasteiger partial charge < -0.3 is 9.84 Å². The van der Waals surface area contributed by atoms with Crippen LogP contribution in [0, 0.1) is 5.92 Å². The van der Waals surface area contributed by atoms with E-state index < -0.39 is 5.60 Å². The van der Waals surface area contributed by atoms with E-state index in [0.29, 0.717) is 0 Å². The van der Waals surface area contributed by atoms with Gasteiger partial charge in [-0.3, -0.25) is 0 Å². The molecule has 2 nitrogen and oxygen atoms in total. The van der Waals surface area contributed by atoms with Crippen LogP contribution in [0.4, 0.5) is 0 Å². The Kier molecular flexibility index (Phi) is 3.37. The molecule has 0 heterocycles. The third-order valence-corrected chi connectivity index (χ3v) is 4.46. The zero-order valence-corrected chi connectivity index (χ0v) is 12.1. The predicted molar refractivity (Wildman–Crippen MR) is 74.9 cm³/mol. The van der Waals surface area contributed by atoms with Crippen LogP contribution >= 0.6 is 15.9 Å². The quantitative estimate of drug-likeness (QED) is 0.898. The van der Waals surface area contributed by atoms with Crippen molar-refractivity contribution < 1.29 is 9.84 Å². The summed E-state index contributed by atoms with van der Waals surface area (Å²) in [6.07, 6.45) is 6.56. The number of hydrogen-bond acceptors (Lipinski definition) is 2. The van der Waals surface area contributed by atoms with Crippen molar-refractivity contribution in [1.82, 2.24) is 0 Å². The van der Waals surface area contributed by atoms with Crippen molar-refractivity contribution in [3.05, 3.63) is 28.2 Å². The van der Waals surface area contributed by atoms with Crippen LogP contribution in [0.5, 0.6) is 5.75 Å². The molecule has 1 aromatic carbocycles. The Morgan fingerprint density at radius 3 is 2.67 bits per heavy atom. The normalized spacial score (nSPS) is 21.4. The maximum absolute atomic E-state index is 9.97. The number of rotatable bonds is 5. The smallest absolute Gasteiger partial charge is 0.120 e. The fourth-order valence-corrected chi connectivity index (χ4v) is 2.90. The maximum Gasteiger partial charge on any atom is 0.120 e. The van der Waals surface area contributed by atoms with Gasteiger partial charge in [-0.2, -0.15) is 0 Å². The molecule has 0 saturated heterocycles. The first-order chi connectivity index (χ1) is 8.63. The second-order valence-corrected chi connectivity index (χ2v) is 6.72. The highest BCUT2D eigenvalue weighted by Gasteiger charge is 2.40. The van der Waals surface area contributed by atoms with E-state index in [1.165, 1.54) is 19.3 Å². The van der Waals surface area contributed by atoms with E-state index in [1.54, 1.807) is 0 Å². The minimum Gasteiger partial charge on any atom is -0.493 e. The second kappa shape index (κ2) is 4.86. The summed E-state index contributed by atoms with van der Waals surface area (Å²) in [5, 5.41) is 9.97. The fraction of sp³-hybridized carbons (Fsp3) is 0.600. The van der Waals surface area contributed by atoms with Gasteiger partial charge in [0.1, 0.15) is 5.75 Å². The van der Waals surface area contributed by atoms with Gasteiger partial charge in [-0.15, -0.1) is 0 Å². The molecule has 18 heavy (non-hydrogen) atoms. The second-order valence-electron chi connectivity index (χ2n) is 5.80. The van der Waals surface area contributed by atoms with Crippen molar-refractivity contribution >= 4 is 15.9 Å². The Balaban J connectivity index is 1.64. The number of halogens is 1. The molecule has 0 bridgehead atoms. The molecule has 2 fully saturated rings. The van der Waals surface area contributed by atoms with Gasteiger partial charge in [0.05, 0.1) is 12.2 Å². The largest absolute Gasteiger partial charge is 0.493 e. The highest BCUT2D eigenvalue weighted by Crippen LogP contribution is 2.39.